The average molecular weight is 276 g/mol. The maximum Gasteiger partial charge on any atom is 0.219 e. The molecule has 1 N–H and O–H groups in total. The predicted molar refractivity (Wildman–Crippen MR) is 74.5 cm³/mol. The molecular formula is C15H20N2O3. The Morgan fingerprint density at radius 3 is 2.65 bits per heavy atom. The molecule has 108 valence electrons. The summed E-state index contributed by atoms with van der Waals surface area (Å²) < 4.78 is 5.75. The second-order valence-electron chi connectivity index (χ2n) is 5.40. The van der Waals surface area contributed by atoms with E-state index in [2.05, 4.69) is 4.90 Å². The standard InChI is InChI=1S/C15H20N2O3/c1-11(18)16-6-8-17(9-7-16)13-10-20-14-5-3-2-4-12(14)15(13)19/h2-5,13,15,19H,6-10H2,1H3. The van der Waals surface area contributed by atoms with Crippen molar-refractivity contribution in [1.29, 1.82) is 0 Å². The molecule has 5 heteroatoms. The molecule has 0 aromatic heterocycles. The summed E-state index contributed by atoms with van der Waals surface area (Å²) in [6.07, 6.45) is -0.524. The molecule has 3 rings (SSSR count). The fraction of sp³-hybridized carbons (Fsp3) is 0.533. The van der Waals surface area contributed by atoms with E-state index in [0.29, 0.717) is 6.61 Å². The molecule has 0 radical (unpaired) electrons. The van der Waals surface area contributed by atoms with Gasteiger partial charge in [0.25, 0.3) is 0 Å². The molecule has 1 saturated heterocycles. The maximum atomic E-state index is 11.3. The van der Waals surface area contributed by atoms with Crippen molar-refractivity contribution in [2.45, 2.75) is 19.1 Å². The summed E-state index contributed by atoms with van der Waals surface area (Å²) in [4.78, 5) is 15.4. The summed E-state index contributed by atoms with van der Waals surface area (Å²) in [5, 5.41) is 10.5. The molecule has 2 aliphatic rings. The molecule has 1 aromatic rings. The minimum atomic E-state index is -0.524. The third-order valence-electron chi connectivity index (χ3n) is 4.24. The minimum Gasteiger partial charge on any atom is -0.491 e. The van der Waals surface area contributed by atoms with Crippen LogP contribution in [0.25, 0.3) is 0 Å². The van der Waals surface area contributed by atoms with Gasteiger partial charge in [-0.2, -0.15) is 0 Å². The van der Waals surface area contributed by atoms with E-state index in [9.17, 15) is 9.90 Å². The van der Waals surface area contributed by atoms with Crippen LogP contribution in [0, 0.1) is 0 Å². The van der Waals surface area contributed by atoms with Crippen molar-refractivity contribution in [1.82, 2.24) is 9.80 Å². The first-order valence-corrected chi connectivity index (χ1v) is 7.06. The van der Waals surface area contributed by atoms with Crippen LogP contribution in [0.5, 0.6) is 5.75 Å². The summed E-state index contributed by atoms with van der Waals surface area (Å²) in [5.74, 6) is 0.897. The fourth-order valence-corrected chi connectivity index (χ4v) is 3.00. The number of nitrogens with zero attached hydrogens (tertiary/aromatic N) is 2. The number of benzene rings is 1. The van der Waals surface area contributed by atoms with Gasteiger partial charge in [0, 0.05) is 38.7 Å². The highest BCUT2D eigenvalue weighted by molar-refractivity contribution is 5.73. The van der Waals surface area contributed by atoms with E-state index < -0.39 is 6.10 Å². The van der Waals surface area contributed by atoms with Crippen molar-refractivity contribution in [3.8, 4) is 5.75 Å². The number of piperazine rings is 1. The highest BCUT2D eigenvalue weighted by Crippen LogP contribution is 2.34. The van der Waals surface area contributed by atoms with Crippen LogP contribution in [-0.2, 0) is 4.79 Å². The van der Waals surface area contributed by atoms with Crippen molar-refractivity contribution in [3.05, 3.63) is 29.8 Å². The van der Waals surface area contributed by atoms with Gasteiger partial charge in [-0.1, -0.05) is 18.2 Å². The zero-order chi connectivity index (χ0) is 14.1. The first kappa shape index (κ1) is 13.4. The monoisotopic (exact) mass is 276 g/mol. The molecule has 5 nitrogen and oxygen atoms in total. The van der Waals surface area contributed by atoms with E-state index in [1.54, 1.807) is 6.92 Å². The highest BCUT2D eigenvalue weighted by atomic mass is 16.5. The van der Waals surface area contributed by atoms with Gasteiger partial charge < -0.3 is 14.7 Å². The van der Waals surface area contributed by atoms with Gasteiger partial charge in [-0.05, 0) is 6.07 Å². The summed E-state index contributed by atoms with van der Waals surface area (Å²) in [5.41, 5.74) is 0.859. The van der Waals surface area contributed by atoms with E-state index in [1.165, 1.54) is 0 Å². The van der Waals surface area contributed by atoms with Crippen molar-refractivity contribution in [2.24, 2.45) is 0 Å². The summed E-state index contributed by atoms with van der Waals surface area (Å²) in [6.45, 7) is 5.11. The smallest absolute Gasteiger partial charge is 0.219 e. The normalized spacial score (nSPS) is 26.8. The first-order valence-electron chi connectivity index (χ1n) is 7.06. The Bertz CT molecular complexity index is 498. The number of aliphatic hydroxyl groups is 1. The molecule has 0 saturated carbocycles. The van der Waals surface area contributed by atoms with Gasteiger partial charge in [0.15, 0.2) is 0 Å². The van der Waals surface area contributed by atoms with E-state index in [4.69, 9.17) is 4.74 Å². The molecule has 20 heavy (non-hydrogen) atoms. The average Bonchev–Trinajstić information content (AvgIpc) is 2.48. The summed E-state index contributed by atoms with van der Waals surface area (Å²) in [7, 11) is 0. The third kappa shape index (κ3) is 2.39. The number of hydrogen-bond acceptors (Lipinski definition) is 4. The van der Waals surface area contributed by atoms with Crippen LogP contribution in [0.4, 0.5) is 0 Å². The molecule has 2 unspecified atom stereocenters. The van der Waals surface area contributed by atoms with Gasteiger partial charge in [0.2, 0.25) is 5.91 Å². The molecule has 2 atom stereocenters. The predicted octanol–water partition coefficient (Wildman–Crippen LogP) is 0.645. The Hall–Kier alpha value is -1.59. The lowest BCUT2D eigenvalue weighted by atomic mass is 9.97. The van der Waals surface area contributed by atoms with Gasteiger partial charge in [-0.15, -0.1) is 0 Å². The lowest BCUT2D eigenvalue weighted by molar-refractivity contribution is -0.131. The molecule has 1 amide bonds. The number of rotatable bonds is 1. The SMILES string of the molecule is CC(=O)N1CCN(C2COc3ccccc3C2O)CC1. The Kier molecular flexibility index (Phi) is 3.63. The van der Waals surface area contributed by atoms with Crippen LogP contribution in [0.3, 0.4) is 0 Å². The lowest BCUT2D eigenvalue weighted by Crippen LogP contribution is -2.55. The van der Waals surface area contributed by atoms with Gasteiger partial charge in [-0.25, -0.2) is 0 Å². The molecule has 2 aliphatic heterocycles. The summed E-state index contributed by atoms with van der Waals surface area (Å²) in [6, 6.07) is 7.61. The van der Waals surface area contributed by atoms with Crippen LogP contribution < -0.4 is 4.74 Å². The Morgan fingerprint density at radius 1 is 1.25 bits per heavy atom. The topological polar surface area (TPSA) is 53.0 Å². The number of ether oxygens (including phenoxy) is 1. The molecule has 0 spiro atoms. The van der Waals surface area contributed by atoms with Crippen LogP contribution in [0.2, 0.25) is 0 Å². The highest BCUT2D eigenvalue weighted by Gasteiger charge is 2.35. The number of para-hydroxylation sites is 1. The molecule has 1 aromatic carbocycles. The molecule has 2 heterocycles. The van der Waals surface area contributed by atoms with E-state index in [0.717, 1.165) is 37.5 Å². The zero-order valence-electron chi connectivity index (χ0n) is 11.7. The van der Waals surface area contributed by atoms with Gasteiger partial charge in [-0.3, -0.25) is 9.69 Å². The van der Waals surface area contributed by atoms with Crippen molar-refractivity contribution in [3.63, 3.8) is 0 Å². The zero-order valence-corrected chi connectivity index (χ0v) is 11.7. The van der Waals surface area contributed by atoms with Crippen LogP contribution >= 0.6 is 0 Å². The van der Waals surface area contributed by atoms with Crippen LogP contribution in [-0.4, -0.2) is 59.6 Å². The molecule has 0 aliphatic carbocycles. The van der Waals surface area contributed by atoms with E-state index in [-0.39, 0.29) is 11.9 Å². The van der Waals surface area contributed by atoms with Gasteiger partial charge >= 0.3 is 0 Å². The van der Waals surface area contributed by atoms with Crippen LogP contribution in [0.15, 0.2) is 24.3 Å². The van der Waals surface area contributed by atoms with Gasteiger partial charge in [0.05, 0.1) is 6.04 Å². The van der Waals surface area contributed by atoms with Gasteiger partial charge in [0.1, 0.15) is 18.5 Å². The third-order valence-corrected chi connectivity index (χ3v) is 4.24. The van der Waals surface area contributed by atoms with Crippen molar-refractivity contribution < 1.29 is 14.6 Å². The molecular weight excluding hydrogens is 256 g/mol. The maximum absolute atomic E-state index is 11.3. The Balaban J connectivity index is 1.69. The minimum absolute atomic E-state index is 0.0287. The quantitative estimate of drug-likeness (QED) is 0.818. The largest absolute Gasteiger partial charge is 0.491 e. The number of carbonyl (C=O) groups is 1. The number of carbonyl (C=O) groups excluding carboxylic acids is 1. The van der Waals surface area contributed by atoms with Crippen LogP contribution in [0.1, 0.15) is 18.6 Å². The van der Waals surface area contributed by atoms with Crippen molar-refractivity contribution >= 4 is 5.91 Å². The van der Waals surface area contributed by atoms with Crippen molar-refractivity contribution in [2.75, 3.05) is 32.8 Å². The molecule has 0 bridgehead atoms. The first-order chi connectivity index (χ1) is 9.66. The Labute approximate surface area is 118 Å². The number of fused-ring (bicyclic) bond motifs is 1. The van der Waals surface area contributed by atoms with E-state index in [1.807, 2.05) is 29.2 Å². The fourth-order valence-electron chi connectivity index (χ4n) is 3.00. The second-order valence-corrected chi connectivity index (χ2v) is 5.40. The summed E-state index contributed by atoms with van der Waals surface area (Å²) >= 11 is 0. The number of hydrogen-bond donors (Lipinski definition) is 1. The Morgan fingerprint density at radius 2 is 1.95 bits per heavy atom. The lowest BCUT2D eigenvalue weighted by Gasteiger charge is -2.42. The number of aliphatic hydroxyl groups excluding tert-OH is 1. The number of amides is 1. The second kappa shape index (κ2) is 5.42. The molecule has 1 fully saturated rings. The van der Waals surface area contributed by atoms with E-state index >= 15 is 0 Å².